The lowest BCUT2D eigenvalue weighted by Gasteiger charge is -2.15. The first-order valence-corrected chi connectivity index (χ1v) is 11.1. The Morgan fingerprint density at radius 3 is 2.33 bits per heavy atom. The number of carboxylic acid groups (broad SMARTS) is 1. The maximum atomic E-state index is 10.7. The number of rotatable bonds is 8. The van der Waals surface area contributed by atoms with E-state index < -0.39 is 6.16 Å². The predicted molar refractivity (Wildman–Crippen MR) is 128 cm³/mol. The van der Waals surface area contributed by atoms with Crippen LogP contribution in [0, 0.1) is 0 Å². The second-order valence-electron chi connectivity index (χ2n) is 8.24. The molecular weight excluding hydrogens is 416 g/mol. The van der Waals surface area contributed by atoms with E-state index in [1.165, 1.54) is 16.7 Å². The molecular formula is C27H28N2O4. The van der Waals surface area contributed by atoms with E-state index >= 15 is 0 Å². The van der Waals surface area contributed by atoms with E-state index in [1.54, 1.807) is 0 Å². The van der Waals surface area contributed by atoms with Gasteiger partial charge < -0.3 is 14.7 Å². The van der Waals surface area contributed by atoms with Crippen LogP contribution in [0.25, 0.3) is 11.1 Å². The molecule has 0 amide bonds. The monoisotopic (exact) mass is 444 g/mol. The standard InChI is InChI=1S/C27H28N2O4/c1-20(28-32-19-22-9-13-25(14-10-22)24-5-3-2-4-6-24)23-11-7-21(8-12-23)17-29-16-15-26(18-29)33-27(30)31/h2-14,26H,15-19H2,1H3,(H,30,31). The highest BCUT2D eigenvalue weighted by atomic mass is 16.7. The molecule has 0 aliphatic carbocycles. The van der Waals surface area contributed by atoms with Gasteiger partial charge in [0.05, 0.1) is 5.71 Å². The summed E-state index contributed by atoms with van der Waals surface area (Å²) in [6.07, 6.45) is -0.696. The van der Waals surface area contributed by atoms with Crippen molar-refractivity contribution in [1.82, 2.24) is 4.90 Å². The highest BCUT2D eigenvalue weighted by Crippen LogP contribution is 2.20. The molecule has 0 radical (unpaired) electrons. The van der Waals surface area contributed by atoms with E-state index in [2.05, 4.69) is 58.6 Å². The summed E-state index contributed by atoms with van der Waals surface area (Å²) in [5.41, 5.74) is 6.43. The van der Waals surface area contributed by atoms with Crippen molar-refractivity contribution in [2.75, 3.05) is 13.1 Å². The number of hydrogen-bond acceptors (Lipinski definition) is 5. The fraction of sp³-hybridized carbons (Fsp3) is 0.259. The summed E-state index contributed by atoms with van der Waals surface area (Å²) in [4.78, 5) is 18.5. The molecule has 3 aromatic carbocycles. The largest absolute Gasteiger partial charge is 0.506 e. The van der Waals surface area contributed by atoms with Crippen LogP contribution in [0.2, 0.25) is 0 Å². The van der Waals surface area contributed by atoms with Crippen LogP contribution in [0.5, 0.6) is 0 Å². The molecule has 6 heteroatoms. The second-order valence-corrected chi connectivity index (χ2v) is 8.24. The van der Waals surface area contributed by atoms with Gasteiger partial charge in [0.1, 0.15) is 12.7 Å². The Morgan fingerprint density at radius 2 is 1.64 bits per heavy atom. The molecule has 1 aliphatic heterocycles. The molecule has 33 heavy (non-hydrogen) atoms. The van der Waals surface area contributed by atoms with Crippen LogP contribution in [0.15, 0.2) is 84.0 Å². The molecule has 1 saturated heterocycles. The molecule has 0 spiro atoms. The Balaban J connectivity index is 1.26. The topological polar surface area (TPSA) is 71.4 Å². The van der Waals surface area contributed by atoms with Gasteiger partial charge >= 0.3 is 6.16 Å². The van der Waals surface area contributed by atoms with E-state index in [0.717, 1.165) is 36.3 Å². The van der Waals surface area contributed by atoms with Crippen LogP contribution in [-0.4, -0.2) is 41.1 Å². The number of carbonyl (C=O) groups is 1. The number of nitrogens with zero attached hydrogens (tertiary/aromatic N) is 2. The number of hydrogen-bond donors (Lipinski definition) is 1. The highest BCUT2D eigenvalue weighted by Gasteiger charge is 2.25. The van der Waals surface area contributed by atoms with Crippen molar-refractivity contribution < 1.29 is 19.5 Å². The summed E-state index contributed by atoms with van der Waals surface area (Å²) in [5.74, 6) is 0. The minimum absolute atomic E-state index is 0.233. The fourth-order valence-corrected chi connectivity index (χ4v) is 3.97. The van der Waals surface area contributed by atoms with Crippen LogP contribution in [-0.2, 0) is 22.7 Å². The van der Waals surface area contributed by atoms with Crippen molar-refractivity contribution >= 4 is 11.9 Å². The van der Waals surface area contributed by atoms with Gasteiger partial charge in [-0.3, -0.25) is 4.90 Å². The summed E-state index contributed by atoms with van der Waals surface area (Å²) >= 11 is 0. The van der Waals surface area contributed by atoms with E-state index in [0.29, 0.717) is 13.2 Å². The van der Waals surface area contributed by atoms with Gasteiger partial charge in [0.2, 0.25) is 0 Å². The average Bonchev–Trinajstić information content (AvgIpc) is 3.26. The third-order valence-corrected chi connectivity index (χ3v) is 5.77. The molecule has 1 fully saturated rings. The maximum Gasteiger partial charge on any atom is 0.506 e. The Labute approximate surface area is 194 Å². The van der Waals surface area contributed by atoms with Gasteiger partial charge in [-0.2, -0.15) is 0 Å². The first kappa shape index (κ1) is 22.6. The van der Waals surface area contributed by atoms with E-state index in [-0.39, 0.29) is 6.10 Å². The van der Waals surface area contributed by atoms with Gasteiger partial charge in [0, 0.05) is 19.6 Å². The Hall–Kier alpha value is -3.64. The molecule has 0 saturated carbocycles. The maximum absolute atomic E-state index is 10.7. The lowest BCUT2D eigenvalue weighted by atomic mass is 10.0. The molecule has 170 valence electrons. The molecule has 1 N–H and O–H groups in total. The van der Waals surface area contributed by atoms with Crippen LogP contribution in [0.3, 0.4) is 0 Å². The van der Waals surface area contributed by atoms with E-state index in [4.69, 9.17) is 14.7 Å². The summed E-state index contributed by atoms with van der Waals surface area (Å²) < 4.78 is 4.87. The minimum Gasteiger partial charge on any atom is -0.450 e. The predicted octanol–water partition coefficient (Wildman–Crippen LogP) is 5.56. The third-order valence-electron chi connectivity index (χ3n) is 5.77. The number of likely N-dealkylation sites (tertiary alicyclic amines) is 1. The first-order chi connectivity index (χ1) is 16.1. The number of benzene rings is 3. The molecule has 6 nitrogen and oxygen atoms in total. The molecule has 1 heterocycles. The third kappa shape index (κ3) is 6.43. The molecule has 1 aliphatic rings. The van der Waals surface area contributed by atoms with Crippen molar-refractivity contribution in [2.24, 2.45) is 5.16 Å². The zero-order valence-electron chi connectivity index (χ0n) is 18.7. The van der Waals surface area contributed by atoms with Gasteiger partial charge in [0.25, 0.3) is 0 Å². The summed E-state index contributed by atoms with van der Waals surface area (Å²) in [5, 5.41) is 13.0. The van der Waals surface area contributed by atoms with Crippen molar-refractivity contribution in [1.29, 1.82) is 0 Å². The van der Waals surface area contributed by atoms with Crippen LogP contribution >= 0.6 is 0 Å². The number of oxime groups is 1. The van der Waals surface area contributed by atoms with Crippen LogP contribution in [0.4, 0.5) is 4.79 Å². The van der Waals surface area contributed by atoms with Gasteiger partial charge in [0.15, 0.2) is 0 Å². The SMILES string of the molecule is CC(=NOCc1ccc(-c2ccccc2)cc1)c1ccc(CN2CCC(OC(=O)O)C2)cc1. The quantitative estimate of drug-likeness (QED) is 0.280. The van der Waals surface area contributed by atoms with Gasteiger partial charge in [-0.1, -0.05) is 84.0 Å². The van der Waals surface area contributed by atoms with Gasteiger partial charge in [-0.05, 0) is 41.2 Å². The van der Waals surface area contributed by atoms with Gasteiger partial charge in [-0.25, -0.2) is 4.79 Å². The lowest BCUT2D eigenvalue weighted by molar-refractivity contribution is 0.0548. The lowest BCUT2D eigenvalue weighted by Crippen LogP contribution is -2.24. The van der Waals surface area contributed by atoms with Crippen LogP contribution in [0.1, 0.15) is 30.0 Å². The molecule has 0 aromatic heterocycles. The smallest absolute Gasteiger partial charge is 0.450 e. The zero-order chi connectivity index (χ0) is 23.0. The first-order valence-electron chi connectivity index (χ1n) is 11.1. The molecule has 3 aromatic rings. The fourth-order valence-electron chi connectivity index (χ4n) is 3.97. The molecule has 1 unspecified atom stereocenters. The average molecular weight is 445 g/mol. The Morgan fingerprint density at radius 1 is 0.970 bits per heavy atom. The van der Waals surface area contributed by atoms with E-state index in [1.807, 2.05) is 37.3 Å². The van der Waals surface area contributed by atoms with Crippen molar-refractivity contribution in [2.45, 2.75) is 32.6 Å². The summed E-state index contributed by atoms with van der Waals surface area (Å²) in [6, 6.07) is 26.8. The van der Waals surface area contributed by atoms with Crippen molar-refractivity contribution in [3.63, 3.8) is 0 Å². The molecule has 0 bridgehead atoms. The minimum atomic E-state index is -1.20. The van der Waals surface area contributed by atoms with E-state index in [9.17, 15) is 4.79 Å². The molecule has 1 atom stereocenters. The van der Waals surface area contributed by atoms with Crippen molar-refractivity contribution in [3.8, 4) is 11.1 Å². The summed E-state index contributed by atoms with van der Waals surface area (Å²) in [7, 11) is 0. The normalized spacial score (nSPS) is 16.5. The van der Waals surface area contributed by atoms with Gasteiger partial charge in [-0.15, -0.1) is 0 Å². The van der Waals surface area contributed by atoms with Crippen LogP contribution < -0.4 is 0 Å². The number of ether oxygens (including phenoxy) is 1. The summed E-state index contributed by atoms with van der Waals surface area (Å²) in [6.45, 7) is 4.58. The van der Waals surface area contributed by atoms with Crippen molar-refractivity contribution in [3.05, 3.63) is 95.6 Å². The molecule has 4 rings (SSSR count). The Kier molecular flexibility index (Phi) is 7.37. The highest BCUT2D eigenvalue weighted by molar-refractivity contribution is 5.98. The second kappa shape index (κ2) is 10.8. The Bertz CT molecular complexity index is 1080. The zero-order valence-corrected chi connectivity index (χ0v) is 18.7.